The van der Waals surface area contributed by atoms with Gasteiger partial charge in [0, 0.05) is 18.0 Å². The molecule has 134 valence electrons. The van der Waals surface area contributed by atoms with E-state index in [2.05, 4.69) is 10.0 Å². The molecule has 2 aromatic carbocycles. The van der Waals surface area contributed by atoms with Gasteiger partial charge in [-0.25, -0.2) is 13.1 Å². The van der Waals surface area contributed by atoms with Crippen molar-refractivity contribution in [1.29, 1.82) is 0 Å². The molecule has 25 heavy (non-hydrogen) atoms. The molecule has 1 atom stereocenters. The molecule has 0 saturated heterocycles. The normalized spacial score (nSPS) is 12.6. The molecule has 0 aromatic heterocycles. The van der Waals surface area contributed by atoms with Gasteiger partial charge in [0.2, 0.25) is 15.9 Å². The first-order valence-corrected chi connectivity index (χ1v) is 9.75. The fourth-order valence-corrected chi connectivity index (χ4v) is 3.50. The summed E-state index contributed by atoms with van der Waals surface area (Å²) in [5.74, 6) is -0.237. The van der Waals surface area contributed by atoms with Gasteiger partial charge in [-0.2, -0.15) is 0 Å². The van der Waals surface area contributed by atoms with Gasteiger partial charge in [-0.05, 0) is 43.7 Å². The lowest BCUT2D eigenvalue weighted by atomic mass is 10.1. The summed E-state index contributed by atoms with van der Waals surface area (Å²) in [6.45, 7) is 3.76. The van der Waals surface area contributed by atoms with Gasteiger partial charge >= 0.3 is 0 Å². The number of sulfonamides is 1. The Balaban J connectivity index is 1.84. The zero-order valence-corrected chi connectivity index (χ0v) is 15.7. The van der Waals surface area contributed by atoms with E-state index in [1.54, 1.807) is 36.4 Å². The standard InChI is InChI=1S/C18H21ClN2O3S/c1-13-6-8-17(9-7-13)25(23,24)20-11-10-18(22)21-14(2)15-4-3-5-16(19)12-15/h3-9,12,14,20H,10-11H2,1-2H3,(H,21,22). The van der Waals surface area contributed by atoms with Gasteiger partial charge in [0.15, 0.2) is 0 Å². The van der Waals surface area contributed by atoms with Gasteiger partial charge < -0.3 is 5.32 Å². The molecule has 0 aliphatic rings. The summed E-state index contributed by atoms with van der Waals surface area (Å²) in [4.78, 5) is 12.2. The Hall–Kier alpha value is -1.89. The summed E-state index contributed by atoms with van der Waals surface area (Å²) in [6.07, 6.45) is 0.0516. The summed E-state index contributed by atoms with van der Waals surface area (Å²) in [6, 6.07) is 13.6. The highest BCUT2D eigenvalue weighted by Crippen LogP contribution is 2.17. The van der Waals surface area contributed by atoms with E-state index in [4.69, 9.17) is 11.6 Å². The van der Waals surface area contributed by atoms with Crippen molar-refractivity contribution in [2.24, 2.45) is 0 Å². The number of hydrogen-bond acceptors (Lipinski definition) is 3. The Morgan fingerprint density at radius 2 is 1.84 bits per heavy atom. The molecule has 2 rings (SSSR count). The molecule has 0 aliphatic carbocycles. The van der Waals surface area contributed by atoms with Crippen LogP contribution in [-0.4, -0.2) is 20.9 Å². The Morgan fingerprint density at radius 3 is 2.48 bits per heavy atom. The van der Waals surface area contributed by atoms with Gasteiger partial charge in [0.25, 0.3) is 0 Å². The van der Waals surface area contributed by atoms with Gasteiger partial charge in [-0.3, -0.25) is 4.79 Å². The lowest BCUT2D eigenvalue weighted by Gasteiger charge is -2.15. The number of benzene rings is 2. The summed E-state index contributed by atoms with van der Waals surface area (Å²) < 4.78 is 26.7. The highest BCUT2D eigenvalue weighted by atomic mass is 35.5. The SMILES string of the molecule is Cc1ccc(S(=O)(=O)NCCC(=O)NC(C)c2cccc(Cl)c2)cc1. The summed E-state index contributed by atoms with van der Waals surface area (Å²) >= 11 is 5.94. The van der Waals surface area contributed by atoms with Crippen molar-refractivity contribution in [2.75, 3.05) is 6.54 Å². The minimum atomic E-state index is -3.61. The predicted molar refractivity (Wildman–Crippen MR) is 99.0 cm³/mol. The van der Waals surface area contributed by atoms with E-state index in [1.807, 2.05) is 26.0 Å². The zero-order chi connectivity index (χ0) is 18.4. The number of nitrogens with one attached hydrogen (secondary N) is 2. The first-order chi connectivity index (χ1) is 11.8. The number of carbonyl (C=O) groups excluding carboxylic acids is 1. The maximum Gasteiger partial charge on any atom is 0.240 e. The zero-order valence-electron chi connectivity index (χ0n) is 14.1. The van der Waals surface area contributed by atoms with Crippen LogP contribution in [0.25, 0.3) is 0 Å². The second kappa shape index (κ2) is 8.47. The molecule has 2 aromatic rings. The number of halogens is 1. The van der Waals surface area contributed by atoms with Gasteiger partial charge in [0.1, 0.15) is 0 Å². The first-order valence-electron chi connectivity index (χ1n) is 7.89. The maximum absolute atomic E-state index is 12.1. The van der Waals surface area contributed by atoms with Gasteiger partial charge in [-0.1, -0.05) is 41.4 Å². The van der Waals surface area contributed by atoms with E-state index in [9.17, 15) is 13.2 Å². The van der Waals surface area contributed by atoms with Crippen molar-refractivity contribution in [3.05, 3.63) is 64.7 Å². The Bertz CT molecular complexity index is 836. The van der Waals surface area contributed by atoms with E-state index in [-0.39, 0.29) is 29.8 Å². The molecule has 0 radical (unpaired) electrons. The summed E-state index contributed by atoms with van der Waals surface area (Å²) in [5.41, 5.74) is 1.87. The van der Waals surface area contributed by atoms with Crippen LogP contribution in [0.4, 0.5) is 0 Å². The molecule has 5 nitrogen and oxygen atoms in total. The molecular formula is C18H21ClN2O3S. The molecule has 7 heteroatoms. The smallest absolute Gasteiger partial charge is 0.240 e. The van der Waals surface area contributed by atoms with Gasteiger partial charge in [0.05, 0.1) is 10.9 Å². The van der Waals surface area contributed by atoms with Crippen molar-refractivity contribution in [3.63, 3.8) is 0 Å². The third-order valence-electron chi connectivity index (χ3n) is 3.70. The lowest BCUT2D eigenvalue weighted by molar-refractivity contribution is -0.121. The van der Waals surface area contributed by atoms with Crippen LogP contribution in [0.2, 0.25) is 5.02 Å². The van der Waals surface area contributed by atoms with Crippen LogP contribution in [0.3, 0.4) is 0 Å². The lowest BCUT2D eigenvalue weighted by Crippen LogP contribution is -2.32. The minimum Gasteiger partial charge on any atom is -0.350 e. The van der Waals surface area contributed by atoms with Crippen LogP contribution in [0.15, 0.2) is 53.4 Å². The topological polar surface area (TPSA) is 75.3 Å². The molecule has 0 spiro atoms. The van der Waals surface area contributed by atoms with E-state index in [0.29, 0.717) is 5.02 Å². The number of aryl methyl sites for hydroxylation is 1. The number of carbonyl (C=O) groups is 1. The highest BCUT2D eigenvalue weighted by molar-refractivity contribution is 7.89. The molecule has 0 aliphatic heterocycles. The molecular weight excluding hydrogens is 360 g/mol. The second-order valence-corrected chi connectivity index (χ2v) is 8.01. The van der Waals surface area contributed by atoms with Crippen LogP contribution in [0, 0.1) is 6.92 Å². The molecule has 2 N–H and O–H groups in total. The first kappa shape index (κ1) is 19.4. The van der Waals surface area contributed by atoms with Crippen molar-refractivity contribution >= 4 is 27.5 Å². The minimum absolute atomic E-state index is 0.0321. The van der Waals surface area contributed by atoms with Crippen molar-refractivity contribution in [1.82, 2.24) is 10.0 Å². The van der Waals surface area contributed by atoms with Gasteiger partial charge in [-0.15, -0.1) is 0 Å². The van der Waals surface area contributed by atoms with Crippen LogP contribution in [0.5, 0.6) is 0 Å². The average molecular weight is 381 g/mol. The van der Waals surface area contributed by atoms with Crippen molar-refractivity contribution < 1.29 is 13.2 Å². The summed E-state index contributed by atoms with van der Waals surface area (Å²) in [7, 11) is -3.61. The van der Waals surface area contributed by atoms with Crippen LogP contribution in [-0.2, 0) is 14.8 Å². The van der Waals surface area contributed by atoms with Crippen molar-refractivity contribution in [3.8, 4) is 0 Å². The summed E-state index contributed by atoms with van der Waals surface area (Å²) in [5, 5.41) is 3.43. The Labute approximate surface area is 153 Å². The highest BCUT2D eigenvalue weighted by Gasteiger charge is 2.15. The van der Waals surface area contributed by atoms with Crippen LogP contribution in [0.1, 0.15) is 30.5 Å². The Kier molecular flexibility index (Phi) is 6.58. The monoisotopic (exact) mass is 380 g/mol. The Morgan fingerprint density at radius 1 is 1.16 bits per heavy atom. The maximum atomic E-state index is 12.1. The fraction of sp³-hybridized carbons (Fsp3) is 0.278. The number of hydrogen-bond donors (Lipinski definition) is 2. The van der Waals surface area contributed by atoms with E-state index < -0.39 is 10.0 Å². The molecule has 0 bridgehead atoms. The molecule has 1 unspecified atom stereocenters. The number of amides is 1. The molecule has 0 fully saturated rings. The fourth-order valence-electron chi connectivity index (χ4n) is 2.27. The van der Waals surface area contributed by atoms with E-state index >= 15 is 0 Å². The largest absolute Gasteiger partial charge is 0.350 e. The third kappa shape index (κ3) is 5.85. The molecule has 0 saturated carbocycles. The van der Waals surface area contributed by atoms with E-state index in [1.165, 1.54) is 0 Å². The van der Waals surface area contributed by atoms with Crippen LogP contribution >= 0.6 is 11.6 Å². The quantitative estimate of drug-likeness (QED) is 0.774. The average Bonchev–Trinajstić information content (AvgIpc) is 2.55. The number of rotatable bonds is 7. The van der Waals surface area contributed by atoms with Crippen molar-refractivity contribution in [2.45, 2.75) is 31.2 Å². The predicted octanol–water partition coefficient (Wildman–Crippen LogP) is 3.19. The van der Waals surface area contributed by atoms with E-state index in [0.717, 1.165) is 11.1 Å². The third-order valence-corrected chi connectivity index (χ3v) is 5.41. The second-order valence-electron chi connectivity index (χ2n) is 5.81. The molecule has 0 heterocycles. The molecule has 1 amide bonds. The van der Waals surface area contributed by atoms with Crippen LogP contribution < -0.4 is 10.0 Å².